The van der Waals surface area contributed by atoms with Gasteiger partial charge in [0.2, 0.25) is 0 Å². The smallest absolute Gasteiger partial charge is 0.247 e. The predicted octanol–water partition coefficient (Wildman–Crippen LogP) is 0.445. The molecule has 2 aliphatic rings. The third-order valence-electron chi connectivity index (χ3n) is 2.54. The number of hydrazine groups is 2. The summed E-state index contributed by atoms with van der Waals surface area (Å²) in [5, 5.41) is 1.53. The Hall–Kier alpha value is -1.38. The third-order valence-corrected chi connectivity index (χ3v) is 3.81. The van der Waals surface area contributed by atoms with Crippen molar-refractivity contribution in [3.63, 3.8) is 0 Å². The van der Waals surface area contributed by atoms with Crippen LogP contribution in [0.4, 0.5) is 0 Å². The second kappa shape index (κ2) is 5.51. The van der Waals surface area contributed by atoms with Crippen LogP contribution < -0.4 is 10.3 Å². The molecular formula is C10H17N5O2S. The molecule has 18 heavy (non-hydrogen) atoms. The molecule has 0 aliphatic carbocycles. The van der Waals surface area contributed by atoms with E-state index in [1.54, 1.807) is 18.5 Å². The first-order valence-electron chi connectivity index (χ1n) is 5.91. The summed E-state index contributed by atoms with van der Waals surface area (Å²) >= 11 is 0. The van der Waals surface area contributed by atoms with Gasteiger partial charge in [-0.25, -0.2) is 10.0 Å². The summed E-state index contributed by atoms with van der Waals surface area (Å²) in [5.41, 5.74) is 2.70. The number of allylic oxidation sites excluding steroid dienone is 1. The summed E-state index contributed by atoms with van der Waals surface area (Å²) in [6.07, 6.45) is 9.36. The van der Waals surface area contributed by atoms with Crippen molar-refractivity contribution in [3.8, 4) is 0 Å². The lowest BCUT2D eigenvalue weighted by Crippen LogP contribution is -2.46. The Balaban J connectivity index is 1.94. The topological polar surface area (TPSA) is 77.0 Å². The van der Waals surface area contributed by atoms with Crippen LogP contribution in [-0.2, 0) is 10.2 Å². The van der Waals surface area contributed by atoms with Crippen LogP contribution in [0.3, 0.4) is 0 Å². The largest absolute Gasteiger partial charge is 0.316 e. The summed E-state index contributed by atoms with van der Waals surface area (Å²) < 4.78 is 27.5. The molecule has 0 aromatic rings. The summed E-state index contributed by atoms with van der Waals surface area (Å²) in [6.45, 7) is 2.51. The Morgan fingerprint density at radius 2 is 2.28 bits per heavy atom. The van der Waals surface area contributed by atoms with Gasteiger partial charge in [0.15, 0.2) is 5.82 Å². The number of hydrogen-bond donors (Lipinski definition) is 2. The number of unbranched alkanes of at least 4 members (excludes halogenated alkanes) is 2. The van der Waals surface area contributed by atoms with E-state index in [9.17, 15) is 8.42 Å². The first kappa shape index (κ1) is 13.1. The van der Waals surface area contributed by atoms with E-state index in [1.807, 2.05) is 0 Å². The summed E-state index contributed by atoms with van der Waals surface area (Å²) in [5.74, 6) is 0.538. The van der Waals surface area contributed by atoms with Crippen LogP contribution in [0.25, 0.3) is 0 Å². The van der Waals surface area contributed by atoms with Crippen molar-refractivity contribution in [3.05, 3.63) is 24.3 Å². The minimum absolute atomic E-state index is 0.441. The second-order valence-electron chi connectivity index (χ2n) is 3.98. The van der Waals surface area contributed by atoms with E-state index in [2.05, 4.69) is 22.2 Å². The van der Waals surface area contributed by atoms with Gasteiger partial charge in [-0.15, -0.1) is 5.53 Å². The van der Waals surface area contributed by atoms with Crippen LogP contribution in [0.5, 0.6) is 0 Å². The molecule has 0 atom stereocenters. The Morgan fingerprint density at radius 1 is 1.44 bits per heavy atom. The molecule has 100 valence electrons. The average Bonchev–Trinajstić information content (AvgIpc) is 2.79. The van der Waals surface area contributed by atoms with Gasteiger partial charge in [0.05, 0.1) is 6.20 Å². The average molecular weight is 271 g/mol. The number of nitrogens with one attached hydrogen (secondary N) is 2. The number of nitrogens with zero attached hydrogens (tertiary/aromatic N) is 3. The van der Waals surface area contributed by atoms with Crippen LogP contribution in [0, 0.1) is 0 Å². The summed E-state index contributed by atoms with van der Waals surface area (Å²) in [6, 6.07) is 0. The van der Waals surface area contributed by atoms with E-state index in [0.29, 0.717) is 12.4 Å². The lowest BCUT2D eigenvalue weighted by molar-refractivity contribution is 0.250. The maximum Gasteiger partial charge on any atom is 0.316 e. The monoisotopic (exact) mass is 271 g/mol. The zero-order valence-corrected chi connectivity index (χ0v) is 11.0. The van der Waals surface area contributed by atoms with Crippen molar-refractivity contribution in [2.45, 2.75) is 26.2 Å². The van der Waals surface area contributed by atoms with E-state index in [-0.39, 0.29) is 0 Å². The number of rotatable bonds is 6. The van der Waals surface area contributed by atoms with Gasteiger partial charge in [-0.1, -0.05) is 19.8 Å². The Labute approximate surface area is 107 Å². The molecular weight excluding hydrogens is 254 g/mol. The SMILES string of the molecule is CCCCCNS(=O)(=O)N1C=C2N=CC=CN2N1. The van der Waals surface area contributed by atoms with Crippen molar-refractivity contribution in [2.75, 3.05) is 6.54 Å². The minimum Gasteiger partial charge on any atom is -0.247 e. The van der Waals surface area contributed by atoms with Gasteiger partial charge < -0.3 is 0 Å². The Kier molecular flexibility index (Phi) is 4.00. The van der Waals surface area contributed by atoms with Crippen LogP contribution >= 0.6 is 0 Å². The van der Waals surface area contributed by atoms with Gasteiger partial charge in [-0.3, -0.25) is 0 Å². The van der Waals surface area contributed by atoms with Gasteiger partial charge in [-0.05, 0) is 12.5 Å². The molecule has 0 saturated heterocycles. The molecule has 0 amide bonds. The van der Waals surface area contributed by atoms with E-state index >= 15 is 0 Å². The van der Waals surface area contributed by atoms with Crippen LogP contribution in [0.1, 0.15) is 26.2 Å². The molecule has 0 unspecified atom stereocenters. The lowest BCUT2D eigenvalue weighted by Gasteiger charge is -2.20. The fourth-order valence-corrected chi connectivity index (χ4v) is 2.54. The first-order chi connectivity index (χ1) is 8.63. The highest BCUT2D eigenvalue weighted by molar-refractivity contribution is 7.87. The molecule has 0 bridgehead atoms. The van der Waals surface area contributed by atoms with Gasteiger partial charge in [0.1, 0.15) is 0 Å². The Bertz CT molecular complexity index is 482. The van der Waals surface area contributed by atoms with Gasteiger partial charge in [0.25, 0.3) is 0 Å². The van der Waals surface area contributed by atoms with Crippen molar-refractivity contribution < 1.29 is 8.42 Å². The van der Waals surface area contributed by atoms with Crippen LogP contribution in [0.2, 0.25) is 0 Å². The van der Waals surface area contributed by atoms with E-state index in [4.69, 9.17) is 0 Å². The molecule has 2 rings (SSSR count). The maximum absolute atomic E-state index is 11.9. The van der Waals surface area contributed by atoms with Gasteiger partial charge >= 0.3 is 10.2 Å². The number of hydrogen-bond acceptors (Lipinski definition) is 5. The maximum atomic E-state index is 11.9. The zero-order valence-electron chi connectivity index (χ0n) is 10.2. The normalized spacial score (nSPS) is 18.2. The predicted molar refractivity (Wildman–Crippen MR) is 69.0 cm³/mol. The zero-order chi connectivity index (χ0) is 13.0. The standard InChI is InChI=1S/C10H17N5O2S/c1-2-3-4-7-12-18(16,17)15-9-10-11-6-5-8-14(10)13-15/h5-6,8-9,12-13H,2-4,7H2,1H3. The molecule has 2 heterocycles. The van der Waals surface area contributed by atoms with Crippen molar-refractivity contribution in [2.24, 2.45) is 4.99 Å². The highest BCUT2D eigenvalue weighted by Crippen LogP contribution is 2.16. The second-order valence-corrected chi connectivity index (χ2v) is 5.61. The highest BCUT2D eigenvalue weighted by Gasteiger charge is 2.28. The molecule has 0 aromatic heterocycles. The summed E-state index contributed by atoms with van der Waals surface area (Å²) in [4.78, 5) is 4.04. The fourth-order valence-electron chi connectivity index (χ4n) is 1.57. The van der Waals surface area contributed by atoms with Crippen LogP contribution in [-0.4, -0.2) is 30.6 Å². The molecule has 0 fully saturated rings. The first-order valence-corrected chi connectivity index (χ1v) is 7.35. The van der Waals surface area contributed by atoms with Crippen molar-refractivity contribution in [1.29, 1.82) is 0 Å². The molecule has 8 heteroatoms. The molecule has 0 spiro atoms. The minimum atomic E-state index is -3.55. The van der Waals surface area contributed by atoms with Crippen molar-refractivity contribution >= 4 is 16.4 Å². The van der Waals surface area contributed by atoms with E-state index < -0.39 is 10.2 Å². The lowest BCUT2D eigenvalue weighted by atomic mass is 10.3. The third kappa shape index (κ3) is 2.89. The molecule has 2 aliphatic heterocycles. The molecule has 7 nitrogen and oxygen atoms in total. The number of fused-ring (bicyclic) bond motifs is 1. The van der Waals surface area contributed by atoms with E-state index in [0.717, 1.165) is 23.7 Å². The highest BCUT2D eigenvalue weighted by atomic mass is 32.2. The molecule has 0 radical (unpaired) electrons. The summed E-state index contributed by atoms with van der Waals surface area (Å²) in [7, 11) is -3.55. The number of aliphatic imine (C=N–C) groups is 1. The van der Waals surface area contributed by atoms with E-state index in [1.165, 1.54) is 11.2 Å². The molecule has 0 aromatic carbocycles. The van der Waals surface area contributed by atoms with Crippen LogP contribution in [0.15, 0.2) is 29.3 Å². The fraction of sp³-hybridized carbons (Fsp3) is 0.500. The van der Waals surface area contributed by atoms with Crippen molar-refractivity contribution in [1.82, 2.24) is 19.7 Å². The Morgan fingerprint density at radius 3 is 3.00 bits per heavy atom. The van der Waals surface area contributed by atoms with Gasteiger partial charge in [-0.2, -0.15) is 17.6 Å². The van der Waals surface area contributed by atoms with Gasteiger partial charge in [0, 0.05) is 19.0 Å². The quantitative estimate of drug-likeness (QED) is 0.687. The molecule has 2 N–H and O–H groups in total. The molecule has 0 saturated carbocycles.